The predicted molar refractivity (Wildman–Crippen MR) is 133 cm³/mol. The largest absolute Gasteiger partial charge is 0.346 e. The fraction of sp³-hybridized carbons (Fsp3) is 0.241. The van der Waals surface area contributed by atoms with Crippen LogP contribution >= 0.6 is 0 Å². The summed E-state index contributed by atoms with van der Waals surface area (Å²) in [5.74, 6) is 0. The average Bonchev–Trinajstić information content (AvgIpc) is 3.22. The molecule has 32 heavy (non-hydrogen) atoms. The van der Waals surface area contributed by atoms with Crippen LogP contribution in [0.5, 0.6) is 0 Å². The molecule has 5 rings (SSSR count). The number of para-hydroxylation sites is 1. The molecule has 0 radical (unpaired) electrons. The lowest BCUT2D eigenvalue weighted by molar-refractivity contribution is 0.204. The second-order valence-corrected chi connectivity index (χ2v) is 8.87. The second kappa shape index (κ2) is 9.05. The molecule has 1 aliphatic rings. The van der Waals surface area contributed by atoms with E-state index in [1.807, 2.05) is 0 Å². The maximum atomic E-state index is 3.61. The molecule has 0 aliphatic carbocycles. The summed E-state index contributed by atoms with van der Waals surface area (Å²) in [6, 6.07) is 34.7. The van der Waals surface area contributed by atoms with Crippen molar-refractivity contribution in [1.29, 1.82) is 0 Å². The van der Waals surface area contributed by atoms with E-state index in [2.05, 4.69) is 125 Å². The van der Waals surface area contributed by atoms with Crippen molar-refractivity contribution in [3.8, 4) is 0 Å². The molecule has 3 heteroatoms. The minimum Gasteiger partial charge on any atom is -0.346 e. The number of hydrogen-bond acceptors (Lipinski definition) is 2. The molecule has 1 aromatic heterocycles. The molecule has 3 nitrogen and oxygen atoms in total. The van der Waals surface area contributed by atoms with E-state index >= 15 is 0 Å². The highest BCUT2D eigenvalue weighted by Gasteiger charge is 2.41. The zero-order valence-electron chi connectivity index (χ0n) is 18.7. The average molecular weight is 422 g/mol. The Kier molecular flexibility index (Phi) is 5.83. The Balaban J connectivity index is 1.48. The lowest BCUT2D eigenvalue weighted by Gasteiger charge is -2.43. The van der Waals surface area contributed by atoms with Crippen LogP contribution in [-0.2, 0) is 12.0 Å². The molecule has 1 aliphatic heterocycles. The van der Waals surface area contributed by atoms with Gasteiger partial charge in [0.15, 0.2) is 0 Å². The molecule has 0 unspecified atom stereocenters. The molecule has 0 bridgehead atoms. The topological polar surface area (TPSA) is 20.2 Å². The van der Waals surface area contributed by atoms with Crippen LogP contribution in [0, 0.1) is 6.92 Å². The Hall–Kier alpha value is -3.30. The minimum atomic E-state index is 0.0124. The predicted octanol–water partition coefficient (Wildman–Crippen LogP) is 6.25. The van der Waals surface area contributed by atoms with Gasteiger partial charge in [0, 0.05) is 42.6 Å². The standard InChI is InChI=1S/C29H31N3/c1-24-17-20-31(23-25-11-5-2-6-12-25)28(24)29(26-13-7-3-8-14-26)18-21-32(22-19-29)30-27-15-9-4-10-16-27/h2-17,20,30H,18-19,21-23H2,1H3. The third-order valence-electron chi connectivity index (χ3n) is 6.82. The van der Waals surface area contributed by atoms with E-state index in [4.69, 9.17) is 0 Å². The summed E-state index contributed by atoms with van der Waals surface area (Å²) < 4.78 is 2.48. The van der Waals surface area contributed by atoms with E-state index in [-0.39, 0.29) is 5.41 Å². The molecule has 0 amide bonds. The third kappa shape index (κ3) is 4.09. The van der Waals surface area contributed by atoms with Crippen molar-refractivity contribution in [3.05, 3.63) is 126 Å². The first kappa shape index (κ1) is 20.6. The summed E-state index contributed by atoms with van der Waals surface area (Å²) in [6.45, 7) is 5.18. The first-order valence-corrected chi connectivity index (χ1v) is 11.6. The SMILES string of the molecule is Cc1ccn(Cc2ccccc2)c1C1(c2ccccc2)CCN(Nc2ccccc2)CC1. The van der Waals surface area contributed by atoms with Crippen molar-refractivity contribution < 1.29 is 0 Å². The number of aryl methyl sites for hydroxylation is 1. The van der Waals surface area contributed by atoms with Crippen molar-refractivity contribution in [2.45, 2.75) is 31.7 Å². The lowest BCUT2D eigenvalue weighted by atomic mass is 9.69. The van der Waals surface area contributed by atoms with E-state index in [0.29, 0.717) is 0 Å². The summed E-state index contributed by atoms with van der Waals surface area (Å²) >= 11 is 0. The summed E-state index contributed by atoms with van der Waals surface area (Å²) in [5.41, 5.74) is 10.4. The molecule has 4 aromatic rings. The van der Waals surface area contributed by atoms with Gasteiger partial charge in [0.2, 0.25) is 0 Å². The number of aromatic nitrogens is 1. The van der Waals surface area contributed by atoms with Gasteiger partial charge in [-0.15, -0.1) is 0 Å². The van der Waals surface area contributed by atoms with Gasteiger partial charge in [-0.1, -0.05) is 78.9 Å². The summed E-state index contributed by atoms with van der Waals surface area (Å²) in [6.07, 6.45) is 4.43. The fourth-order valence-corrected chi connectivity index (χ4v) is 5.26. The lowest BCUT2D eigenvalue weighted by Crippen LogP contribution is -2.46. The number of hydrogen-bond donors (Lipinski definition) is 1. The molecule has 3 aromatic carbocycles. The Labute approximate surface area is 191 Å². The van der Waals surface area contributed by atoms with Gasteiger partial charge in [-0.2, -0.15) is 0 Å². The molecule has 0 spiro atoms. The van der Waals surface area contributed by atoms with Crippen LogP contribution in [-0.4, -0.2) is 22.7 Å². The molecule has 162 valence electrons. The van der Waals surface area contributed by atoms with E-state index in [0.717, 1.165) is 38.2 Å². The van der Waals surface area contributed by atoms with Crippen LogP contribution < -0.4 is 5.43 Å². The highest BCUT2D eigenvalue weighted by Crippen LogP contribution is 2.43. The zero-order chi connectivity index (χ0) is 21.8. The third-order valence-corrected chi connectivity index (χ3v) is 6.82. The summed E-state index contributed by atoms with van der Waals surface area (Å²) in [5, 5.41) is 2.37. The van der Waals surface area contributed by atoms with Crippen LogP contribution in [0.2, 0.25) is 0 Å². The quantitative estimate of drug-likeness (QED) is 0.397. The van der Waals surface area contributed by atoms with Gasteiger partial charge in [0.1, 0.15) is 0 Å². The van der Waals surface area contributed by atoms with Crippen LogP contribution in [0.4, 0.5) is 5.69 Å². The summed E-state index contributed by atoms with van der Waals surface area (Å²) in [7, 11) is 0. The van der Waals surface area contributed by atoms with Crippen molar-refractivity contribution in [2.24, 2.45) is 0 Å². The second-order valence-electron chi connectivity index (χ2n) is 8.87. The Bertz CT molecular complexity index is 1130. The zero-order valence-corrected chi connectivity index (χ0v) is 18.7. The van der Waals surface area contributed by atoms with Crippen molar-refractivity contribution in [2.75, 3.05) is 18.5 Å². The summed E-state index contributed by atoms with van der Waals surface area (Å²) in [4.78, 5) is 0. The van der Waals surface area contributed by atoms with E-state index in [9.17, 15) is 0 Å². The van der Waals surface area contributed by atoms with Crippen molar-refractivity contribution >= 4 is 5.69 Å². The molecule has 0 atom stereocenters. The number of hydrazine groups is 1. The van der Waals surface area contributed by atoms with Gasteiger partial charge in [-0.3, -0.25) is 0 Å². The monoisotopic (exact) mass is 421 g/mol. The number of anilines is 1. The van der Waals surface area contributed by atoms with Gasteiger partial charge in [0.25, 0.3) is 0 Å². The molecule has 2 heterocycles. The molecule has 1 fully saturated rings. The highest BCUT2D eigenvalue weighted by molar-refractivity contribution is 5.44. The normalized spacial score (nSPS) is 16.0. The van der Waals surface area contributed by atoms with E-state index < -0.39 is 0 Å². The van der Waals surface area contributed by atoms with Crippen molar-refractivity contribution in [3.63, 3.8) is 0 Å². The smallest absolute Gasteiger partial charge is 0.0490 e. The van der Waals surface area contributed by atoms with Gasteiger partial charge < -0.3 is 9.99 Å². The molecule has 1 saturated heterocycles. The highest BCUT2D eigenvalue weighted by atomic mass is 15.5. The minimum absolute atomic E-state index is 0.0124. The number of nitrogens with one attached hydrogen (secondary N) is 1. The first-order valence-electron chi connectivity index (χ1n) is 11.6. The van der Waals surface area contributed by atoms with Crippen LogP contribution in [0.25, 0.3) is 0 Å². The first-order chi connectivity index (χ1) is 15.7. The van der Waals surface area contributed by atoms with Gasteiger partial charge in [-0.05, 0) is 54.7 Å². The maximum Gasteiger partial charge on any atom is 0.0490 e. The maximum absolute atomic E-state index is 3.61. The number of nitrogens with zero attached hydrogens (tertiary/aromatic N) is 2. The van der Waals surface area contributed by atoms with Crippen LogP contribution in [0.1, 0.15) is 35.2 Å². The van der Waals surface area contributed by atoms with Crippen LogP contribution in [0.15, 0.2) is 103 Å². The van der Waals surface area contributed by atoms with Crippen molar-refractivity contribution in [1.82, 2.24) is 9.58 Å². The van der Waals surface area contributed by atoms with Gasteiger partial charge in [0.05, 0.1) is 0 Å². The van der Waals surface area contributed by atoms with Gasteiger partial charge in [-0.25, -0.2) is 5.01 Å². The Morgan fingerprint density at radius 1 is 0.750 bits per heavy atom. The Morgan fingerprint density at radius 2 is 1.34 bits per heavy atom. The number of benzene rings is 3. The Morgan fingerprint density at radius 3 is 2.00 bits per heavy atom. The number of rotatable bonds is 6. The van der Waals surface area contributed by atoms with Gasteiger partial charge >= 0.3 is 0 Å². The molecule has 1 N–H and O–H groups in total. The van der Waals surface area contributed by atoms with E-state index in [1.165, 1.54) is 22.4 Å². The molecule has 0 saturated carbocycles. The molecular formula is C29H31N3. The van der Waals surface area contributed by atoms with Crippen LogP contribution in [0.3, 0.4) is 0 Å². The molecular weight excluding hydrogens is 390 g/mol. The van der Waals surface area contributed by atoms with E-state index in [1.54, 1.807) is 0 Å². The fourth-order valence-electron chi connectivity index (χ4n) is 5.26. The number of piperidine rings is 1.